The van der Waals surface area contributed by atoms with Gasteiger partial charge in [-0.15, -0.1) is 0 Å². The minimum absolute atomic E-state index is 0.500. The molecule has 1 saturated carbocycles. The van der Waals surface area contributed by atoms with Crippen molar-refractivity contribution in [3.8, 4) is 0 Å². The van der Waals surface area contributed by atoms with Gasteiger partial charge in [-0.1, -0.05) is 67.7 Å². The first kappa shape index (κ1) is 14.0. The van der Waals surface area contributed by atoms with Gasteiger partial charge in [0.1, 0.15) is 0 Å². The normalized spacial score (nSPS) is 18.2. The molecule has 86 valence electrons. The monoisotopic (exact) mass is 198 g/mol. The van der Waals surface area contributed by atoms with E-state index in [0.717, 1.165) is 5.92 Å². The highest BCUT2D eigenvalue weighted by atomic mass is 14.3. The largest absolute Gasteiger partial charge is 0.0604 e. The van der Waals surface area contributed by atoms with E-state index in [0.29, 0.717) is 10.8 Å². The molecule has 0 heterocycles. The zero-order chi connectivity index (χ0) is 11.4. The number of hydrogen-bond acceptors (Lipinski definition) is 0. The topological polar surface area (TPSA) is 0 Å². The maximum atomic E-state index is 2.34. The van der Waals surface area contributed by atoms with Gasteiger partial charge in [0.15, 0.2) is 0 Å². The lowest BCUT2D eigenvalue weighted by atomic mass is 9.74. The van der Waals surface area contributed by atoms with Crippen LogP contribution in [0, 0.1) is 16.7 Å². The van der Waals surface area contributed by atoms with Crippen LogP contribution in [0.5, 0.6) is 0 Å². The Hall–Kier alpha value is 0. The Kier molecular flexibility index (Phi) is 5.19. The quantitative estimate of drug-likeness (QED) is 0.538. The van der Waals surface area contributed by atoms with E-state index in [2.05, 4.69) is 48.5 Å². The van der Waals surface area contributed by atoms with E-state index < -0.39 is 0 Å². The molecular weight excluding hydrogens is 168 g/mol. The summed E-state index contributed by atoms with van der Waals surface area (Å²) in [7, 11) is 0. The Bertz CT molecular complexity index is 132. The van der Waals surface area contributed by atoms with Crippen LogP contribution in [0.1, 0.15) is 74.1 Å². The molecule has 0 unspecified atom stereocenters. The minimum atomic E-state index is 0.500. The summed E-state index contributed by atoms with van der Waals surface area (Å²) in [5.41, 5.74) is 1.07. The van der Waals surface area contributed by atoms with Crippen LogP contribution in [0.3, 0.4) is 0 Å². The lowest BCUT2D eigenvalue weighted by molar-refractivity contribution is 0.207. The summed E-state index contributed by atoms with van der Waals surface area (Å²) < 4.78 is 0. The molecule has 0 N–H and O–H groups in total. The highest BCUT2D eigenvalue weighted by molar-refractivity contribution is 4.75. The number of rotatable bonds is 1. The van der Waals surface area contributed by atoms with Gasteiger partial charge in [-0.2, -0.15) is 0 Å². The molecule has 0 bridgehead atoms. The molecule has 1 rings (SSSR count). The molecule has 0 saturated heterocycles. The summed E-state index contributed by atoms with van der Waals surface area (Å²) in [4.78, 5) is 0. The Morgan fingerprint density at radius 3 is 1.29 bits per heavy atom. The lowest BCUT2D eigenvalue weighted by Crippen LogP contribution is -2.18. The van der Waals surface area contributed by atoms with Crippen molar-refractivity contribution in [2.45, 2.75) is 74.1 Å². The Morgan fingerprint density at radius 1 is 0.857 bits per heavy atom. The highest BCUT2D eigenvalue weighted by Gasteiger charge is 2.23. The van der Waals surface area contributed by atoms with Gasteiger partial charge in [-0.3, -0.25) is 0 Å². The van der Waals surface area contributed by atoms with Gasteiger partial charge in [-0.05, 0) is 23.2 Å². The smallest absolute Gasteiger partial charge is 0.0380 e. The fourth-order valence-corrected chi connectivity index (χ4v) is 1.56. The summed E-state index contributed by atoms with van der Waals surface area (Å²) in [6.07, 6.45) is 5.92. The molecule has 0 spiro atoms. The maximum absolute atomic E-state index is 2.34. The molecule has 0 aromatic heterocycles. The van der Waals surface area contributed by atoms with E-state index in [9.17, 15) is 0 Å². The molecule has 1 aliphatic carbocycles. The standard InChI is InChI=1S/C9H18.C5H12/c1-9(2,3)7-8-5-4-6-8;1-5(2,3)4/h8H,4-7H2,1-3H3;1-4H3. The van der Waals surface area contributed by atoms with Gasteiger partial charge in [0.05, 0.1) is 0 Å². The molecule has 1 fully saturated rings. The maximum Gasteiger partial charge on any atom is -0.0380 e. The van der Waals surface area contributed by atoms with Crippen LogP contribution in [0.2, 0.25) is 0 Å². The van der Waals surface area contributed by atoms with E-state index in [1.54, 1.807) is 0 Å². The second kappa shape index (κ2) is 5.19. The van der Waals surface area contributed by atoms with E-state index in [-0.39, 0.29) is 0 Å². The van der Waals surface area contributed by atoms with E-state index in [1.165, 1.54) is 25.7 Å². The van der Waals surface area contributed by atoms with Crippen LogP contribution in [-0.4, -0.2) is 0 Å². The molecule has 0 aliphatic heterocycles. The Morgan fingerprint density at radius 2 is 1.21 bits per heavy atom. The van der Waals surface area contributed by atoms with Gasteiger partial charge >= 0.3 is 0 Å². The Labute approximate surface area is 91.5 Å². The lowest BCUT2D eigenvalue weighted by Gasteiger charge is -2.31. The van der Waals surface area contributed by atoms with Gasteiger partial charge in [-0.25, -0.2) is 0 Å². The predicted octanol–water partition coefficient (Wildman–Crippen LogP) is 5.28. The first-order chi connectivity index (χ1) is 6.08. The Balaban J connectivity index is 0.000000292. The van der Waals surface area contributed by atoms with Gasteiger partial charge in [0, 0.05) is 0 Å². The molecular formula is C14H30. The highest BCUT2D eigenvalue weighted by Crippen LogP contribution is 2.36. The molecule has 0 aromatic carbocycles. The van der Waals surface area contributed by atoms with E-state index >= 15 is 0 Å². The van der Waals surface area contributed by atoms with Crippen molar-refractivity contribution in [3.05, 3.63) is 0 Å². The summed E-state index contributed by atoms with van der Waals surface area (Å²) in [6, 6.07) is 0. The van der Waals surface area contributed by atoms with Crippen molar-refractivity contribution in [1.29, 1.82) is 0 Å². The molecule has 0 aromatic rings. The van der Waals surface area contributed by atoms with Crippen molar-refractivity contribution in [2.24, 2.45) is 16.7 Å². The van der Waals surface area contributed by atoms with Gasteiger partial charge in [0.2, 0.25) is 0 Å². The van der Waals surface area contributed by atoms with E-state index in [1.807, 2.05) is 0 Å². The fraction of sp³-hybridized carbons (Fsp3) is 1.00. The van der Waals surface area contributed by atoms with Crippen molar-refractivity contribution in [2.75, 3.05) is 0 Å². The van der Waals surface area contributed by atoms with Crippen molar-refractivity contribution in [3.63, 3.8) is 0 Å². The summed E-state index contributed by atoms with van der Waals surface area (Å²) in [6.45, 7) is 15.8. The van der Waals surface area contributed by atoms with Crippen LogP contribution in [0.25, 0.3) is 0 Å². The van der Waals surface area contributed by atoms with Gasteiger partial charge < -0.3 is 0 Å². The van der Waals surface area contributed by atoms with Crippen molar-refractivity contribution in [1.82, 2.24) is 0 Å². The third-order valence-corrected chi connectivity index (χ3v) is 2.13. The molecule has 14 heavy (non-hydrogen) atoms. The zero-order valence-electron chi connectivity index (χ0n) is 11.4. The van der Waals surface area contributed by atoms with Crippen LogP contribution >= 0.6 is 0 Å². The number of hydrogen-bond donors (Lipinski definition) is 0. The van der Waals surface area contributed by atoms with E-state index in [4.69, 9.17) is 0 Å². The molecule has 0 heteroatoms. The van der Waals surface area contributed by atoms with Crippen LogP contribution in [0.4, 0.5) is 0 Å². The SMILES string of the molecule is CC(C)(C)C.CC(C)(C)CC1CCC1. The van der Waals surface area contributed by atoms with Crippen molar-refractivity contribution >= 4 is 0 Å². The second-order valence-electron chi connectivity index (χ2n) is 7.56. The molecule has 0 atom stereocenters. The summed E-state index contributed by atoms with van der Waals surface area (Å²) in [5, 5.41) is 0. The third-order valence-electron chi connectivity index (χ3n) is 2.13. The molecule has 0 amide bonds. The molecule has 0 radical (unpaired) electrons. The average molecular weight is 198 g/mol. The first-order valence-corrected chi connectivity index (χ1v) is 6.08. The first-order valence-electron chi connectivity index (χ1n) is 6.08. The van der Waals surface area contributed by atoms with Crippen LogP contribution in [0.15, 0.2) is 0 Å². The summed E-state index contributed by atoms with van der Waals surface area (Å²) >= 11 is 0. The molecule has 0 nitrogen and oxygen atoms in total. The third kappa shape index (κ3) is 12.0. The predicted molar refractivity (Wildman–Crippen MR) is 66.5 cm³/mol. The minimum Gasteiger partial charge on any atom is -0.0604 e. The fourth-order valence-electron chi connectivity index (χ4n) is 1.56. The van der Waals surface area contributed by atoms with Crippen LogP contribution < -0.4 is 0 Å². The van der Waals surface area contributed by atoms with Gasteiger partial charge in [0.25, 0.3) is 0 Å². The second-order valence-corrected chi connectivity index (χ2v) is 7.56. The summed E-state index contributed by atoms with van der Waals surface area (Å²) in [5.74, 6) is 1.07. The average Bonchev–Trinajstić information content (AvgIpc) is 1.72. The van der Waals surface area contributed by atoms with Crippen LogP contribution in [-0.2, 0) is 0 Å². The zero-order valence-corrected chi connectivity index (χ0v) is 11.4. The van der Waals surface area contributed by atoms with Crippen molar-refractivity contribution < 1.29 is 0 Å². The molecule has 1 aliphatic rings.